The summed E-state index contributed by atoms with van der Waals surface area (Å²) in [6.07, 6.45) is 8.92. The molecule has 0 radical (unpaired) electrons. The molecule has 4 bridgehead atoms. The van der Waals surface area contributed by atoms with E-state index < -0.39 is 0 Å². The Morgan fingerprint density at radius 1 is 1.07 bits per heavy atom. The second-order valence-corrected chi connectivity index (χ2v) is 8.62. The molecule has 0 heterocycles. The molecule has 0 aromatic heterocycles. The molecule has 146 valence electrons. The van der Waals surface area contributed by atoms with Crippen LogP contribution >= 0.6 is 0 Å². The van der Waals surface area contributed by atoms with Crippen molar-refractivity contribution >= 4 is 11.6 Å². The van der Waals surface area contributed by atoms with E-state index in [4.69, 9.17) is 9.47 Å². The quantitative estimate of drug-likeness (QED) is 0.596. The molecule has 4 aliphatic rings. The number of nitrogens with one attached hydrogen (secondary N) is 1. The maximum atomic E-state index is 12.6. The van der Waals surface area contributed by atoms with E-state index in [0.717, 1.165) is 24.2 Å². The zero-order valence-corrected chi connectivity index (χ0v) is 16.6. The van der Waals surface area contributed by atoms with Gasteiger partial charge in [0.1, 0.15) is 0 Å². The van der Waals surface area contributed by atoms with Crippen molar-refractivity contribution in [2.45, 2.75) is 51.9 Å². The van der Waals surface area contributed by atoms with Gasteiger partial charge in [-0.15, -0.1) is 0 Å². The predicted octanol–water partition coefficient (Wildman–Crippen LogP) is 4.42. The molecular formula is C22H30N2O3. The van der Waals surface area contributed by atoms with E-state index in [2.05, 4.69) is 17.5 Å². The molecule has 0 aliphatic heterocycles. The predicted molar refractivity (Wildman–Crippen MR) is 105 cm³/mol. The average Bonchev–Trinajstić information content (AvgIpc) is 2.66. The number of benzene rings is 1. The van der Waals surface area contributed by atoms with Crippen molar-refractivity contribution in [3.8, 4) is 11.5 Å². The maximum Gasteiger partial charge on any atom is 0.271 e. The Morgan fingerprint density at radius 3 is 2.19 bits per heavy atom. The Labute approximate surface area is 161 Å². The van der Waals surface area contributed by atoms with Gasteiger partial charge >= 0.3 is 0 Å². The van der Waals surface area contributed by atoms with Gasteiger partial charge in [0.2, 0.25) is 0 Å². The Hall–Kier alpha value is -2.04. The summed E-state index contributed by atoms with van der Waals surface area (Å²) in [6.45, 7) is 2.17. The Balaban J connectivity index is 1.52. The van der Waals surface area contributed by atoms with Crippen LogP contribution in [-0.2, 0) is 0 Å². The molecule has 4 saturated carbocycles. The van der Waals surface area contributed by atoms with Crippen LogP contribution in [0.3, 0.4) is 0 Å². The van der Waals surface area contributed by atoms with Crippen molar-refractivity contribution in [1.29, 1.82) is 0 Å². The van der Waals surface area contributed by atoms with Crippen molar-refractivity contribution in [1.82, 2.24) is 5.43 Å². The first-order valence-electron chi connectivity index (χ1n) is 10.2. The molecule has 1 aromatic rings. The molecule has 5 rings (SSSR count). The highest BCUT2D eigenvalue weighted by molar-refractivity contribution is 5.97. The number of hydrazone groups is 1. The standard InChI is InChI=1S/C22H30N2O3/c1-4-20(22-11-14-7-15(12-22)9-16(8-14)13-22)23-24-21(25)17-5-6-18(26-2)19(10-17)27-3/h5-6,10,14-16H,4,7-9,11-13H2,1-3H3,(H,24,25). The van der Waals surface area contributed by atoms with Gasteiger partial charge in [0.15, 0.2) is 11.5 Å². The summed E-state index contributed by atoms with van der Waals surface area (Å²) in [5, 5.41) is 4.65. The van der Waals surface area contributed by atoms with Crippen LogP contribution < -0.4 is 14.9 Å². The second-order valence-electron chi connectivity index (χ2n) is 8.62. The normalized spacial score (nSPS) is 31.7. The third-order valence-corrected chi connectivity index (χ3v) is 6.92. The van der Waals surface area contributed by atoms with E-state index >= 15 is 0 Å². The van der Waals surface area contributed by atoms with E-state index in [1.54, 1.807) is 32.4 Å². The molecule has 0 saturated heterocycles. The average molecular weight is 370 g/mol. The van der Waals surface area contributed by atoms with Crippen LogP contribution in [0.15, 0.2) is 23.3 Å². The van der Waals surface area contributed by atoms with Crippen LogP contribution in [0.2, 0.25) is 0 Å². The summed E-state index contributed by atoms with van der Waals surface area (Å²) in [7, 11) is 3.15. The van der Waals surface area contributed by atoms with Crippen molar-refractivity contribution in [2.24, 2.45) is 28.3 Å². The summed E-state index contributed by atoms with van der Waals surface area (Å²) >= 11 is 0. The van der Waals surface area contributed by atoms with Gasteiger partial charge in [-0.2, -0.15) is 5.10 Å². The fourth-order valence-electron chi connectivity index (χ4n) is 6.20. The Bertz CT molecular complexity index is 721. The zero-order valence-electron chi connectivity index (χ0n) is 16.6. The minimum absolute atomic E-state index is 0.202. The Morgan fingerprint density at radius 2 is 1.67 bits per heavy atom. The van der Waals surface area contributed by atoms with E-state index in [0.29, 0.717) is 17.1 Å². The van der Waals surface area contributed by atoms with Gasteiger partial charge in [0, 0.05) is 16.7 Å². The molecule has 4 aliphatic carbocycles. The molecule has 0 unspecified atom stereocenters. The van der Waals surface area contributed by atoms with Crippen molar-refractivity contribution < 1.29 is 14.3 Å². The van der Waals surface area contributed by atoms with Gasteiger partial charge in [0.25, 0.3) is 5.91 Å². The van der Waals surface area contributed by atoms with Gasteiger partial charge < -0.3 is 9.47 Å². The van der Waals surface area contributed by atoms with Crippen LogP contribution in [0.4, 0.5) is 0 Å². The van der Waals surface area contributed by atoms with Crippen molar-refractivity contribution in [3.05, 3.63) is 23.8 Å². The Kier molecular flexibility index (Phi) is 4.87. The van der Waals surface area contributed by atoms with E-state index in [-0.39, 0.29) is 11.3 Å². The first-order valence-corrected chi connectivity index (χ1v) is 10.2. The van der Waals surface area contributed by atoms with E-state index in [1.807, 2.05) is 0 Å². The van der Waals surface area contributed by atoms with Crippen LogP contribution in [0.5, 0.6) is 11.5 Å². The summed E-state index contributed by atoms with van der Waals surface area (Å²) < 4.78 is 10.5. The van der Waals surface area contributed by atoms with Gasteiger partial charge in [-0.05, 0) is 80.9 Å². The molecule has 5 nitrogen and oxygen atoms in total. The first-order chi connectivity index (χ1) is 13.1. The smallest absolute Gasteiger partial charge is 0.271 e. The number of hydrogen-bond acceptors (Lipinski definition) is 4. The molecular weight excluding hydrogens is 340 g/mol. The number of carbonyl (C=O) groups is 1. The summed E-state index contributed by atoms with van der Waals surface area (Å²) in [6, 6.07) is 5.18. The number of amides is 1. The highest BCUT2D eigenvalue weighted by Gasteiger charge is 2.52. The number of carbonyl (C=O) groups excluding carboxylic acids is 1. The highest BCUT2D eigenvalue weighted by Crippen LogP contribution is 2.60. The molecule has 0 spiro atoms. The van der Waals surface area contributed by atoms with Gasteiger partial charge in [-0.25, -0.2) is 5.43 Å². The number of nitrogens with zero attached hydrogens (tertiary/aromatic N) is 1. The molecule has 4 fully saturated rings. The zero-order chi connectivity index (χ0) is 19.0. The van der Waals surface area contributed by atoms with Gasteiger partial charge in [0.05, 0.1) is 14.2 Å². The number of ether oxygens (including phenoxy) is 2. The lowest BCUT2D eigenvalue weighted by Gasteiger charge is -2.57. The maximum absolute atomic E-state index is 12.6. The third kappa shape index (κ3) is 3.32. The minimum atomic E-state index is -0.202. The van der Waals surface area contributed by atoms with Crippen LogP contribution in [0.1, 0.15) is 62.2 Å². The fourth-order valence-corrected chi connectivity index (χ4v) is 6.20. The minimum Gasteiger partial charge on any atom is -0.493 e. The van der Waals surface area contributed by atoms with E-state index in [1.165, 1.54) is 44.2 Å². The molecule has 5 heteroatoms. The number of hydrogen-bond donors (Lipinski definition) is 1. The van der Waals surface area contributed by atoms with Crippen LogP contribution in [-0.4, -0.2) is 25.8 Å². The lowest BCUT2D eigenvalue weighted by Crippen LogP contribution is -2.50. The number of methoxy groups -OCH3 is 2. The van der Waals surface area contributed by atoms with E-state index in [9.17, 15) is 4.79 Å². The molecule has 1 aromatic carbocycles. The van der Waals surface area contributed by atoms with Crippen LogP contribution in [0, 0.1) is 23.2 Å². The fraction of sp³-hybridized carbons (Fsp3) is 0.636. The molecule has 27 heavy (non-hydrogen) atoms. The van der Waals surface area contributed by atoms with Crippen molar-refractivity contribution in [3.63, 3.8) is 0 Å². The molecule has 1 N–H and O–H groups in total. The summed E-state index contributed by atoms with van der Waals surface area (Å²) in [5.41, 5.74) is 4.76. The summed E-state index contributed by atoms with van der Waals surface area (Å²) in [4.78, 5) is 12.6. The third-order valence-electron chi connectivity index (χ3n) is 6.92. The lowest BCUT2D eigenvalue weighted by molar-refractivity contribution is -0.0134. The largest absolute Gasteiger partial charge is 0.493 e. The van der Waals surface area contributed by atoms with Gasteiger partial charge in [-0.1, -0.05) is 6.92 Å². The lowest BCUT2D eigenvalue weighted by atomic mass is 9.48. The van der Waals surface area contributed by atoms with Gasteiger partial charge in [-0.3, -0.25) is 4.79 Å². The summed E-state index contributed by atoms with van der Waals surface area (Å²) in [5.74, 6) is 3.57. The first kappa shape index (κ1) is 18.3. The second kappa shape index (κ2) is 7.17. The number of rotatable bonds is 6. The SMILES string of the molecule is CCC(=NNC(=O)c1ccc(OC)c(OC)c1)C12CC3CC(CC(C3)C1)C2. The topological polar surface area (TPSA) is 59.9 Å². The monoisotopic (exact) mass is 370 g/mol. The molecule has 1 amide bonds. The van der Waals surface area contributed by atoms with Crippen LogP contribution in [0.25, 0.3) is 0 Å². The van der Waals surface area contributed by atoms with Crippen molar-refractivity contribution in [2.75, 3.05) is 14.2 Å². The molecule has 0 atom stereocenters. The highest BCUT2D eigenvalue weighted by atomic mass is 16.5.